The average Bonchev–Trinajstić information content (AvgIpc) is 3.31. The van der Waals surface area contributed by atoms with Gasteiger partial charge in [-0.1, -0.05) is 54.6 Å². The Morgan fingerprint density at radius 3 is 2.40 bits per heavy atom. The number of amides is 1. The van der Waals surface area contributed by atoms with E-state index in [1.54, 1.807) is 29.2 Å². The molecule has 150 valence electrons. The van der Waals surface area contributed by atoms with Crippen LogP contribution in [0, 0.1) is 0 Å². The second-order valence-electron chi connectivity index (χ2n) is 6.79. The first-order chi connectivity index (χ1) is 14.7. The van der Waals surface area contributed by atoms with Crippen molar-refractivity contribution in [2.75, 3.05) is 6.54 Å². The lowest BCUT2D eigenvalue weighted by Crippen LogP contribution is -2.33. The van der Waals surface area contributed by atoms with Gasteiger partial charge in [0.2, 0.25) is 5.91 Å². The summed E-state index contributed by atoms with van der Waals surface area (Å²) in [5, 5.41) is 11.2. The molecule has 1 N–H and O–H groups in total. The van der Waals surface area contributed by atoms with Crippen LogP contribution in [0.2, 0.25) is 0 Å². The molecule has 0 atom stereocenters. The first kappa shape index (κ1) is 19.3. The quantitative estimate of drug-likeness (QED) is 0.518. The molecule has 0 bridgehead atoms. The van der Waals surface area contributed by atoms with E-state index in [2.05, 4.69) is 27.6 Å². The monoisotopic (exact) mass is 399 g/mol. The van der Waals surface area contributed by atoms with Crippen LogP contribution in [0.1, 0.15) is 5.56 Å². The number of carbonyl (C=O) groups excluding carboxylic acids is 1. The van der Waals surface area contributed by atoms with Crippen LogP contribution in [-0.4, -0.2) is 32.0 Å². The fourth-order valence-electron chi connectivity index (χ4n) is 3.12. The molecule has 0 unspecified atom stereocenters. The van der Waals surface area contributed by atoms with Crippen LogP contribution in [-0.2, 0) is 17.8 Å². The largest absolute Gasteiger partial charge is 0.354 e. The molecule has 0 saturated heterocycles. The summed E-state index contributed by atoms with van der Waals surface area (Å²) in [6.45, 7) is 0.600. The smallest absolute Gasteiger partial charge is 0.266 e. The topological polar surface area (TPSA) is 81.8 Å². The summed E-state index contributed by atoms with van der Waals surface area (Å²) in [7, 11) is 0. The molecule has 2 aromatic heterocycles. The number of hydrogen-bond acceptors (Lipinski definition) is 4. The number of carbonyl (C=O) groups is 1. The third-order valence-corrected chi connectivity index (χ3v) is 4.66. The number of nitrogens with one attached hydrogen (secondary N) is 1. The van der Waals surface area contributed by atoms with Crippen LogP contribution >= 0.6 is 0 Å². The van der Waals surface area contributed by atoms with E-state index in [9.17, 15) is 9.59 Å². The highest BCUT2D eigenvalue weighted by molar-refractivity contribution is 5.78. The molecular weight excluding hydrogens is 378 g/mol. The maximum absolute atomic E-state index is 12.3. The first-order valence-electron chi connectivity index (χ1n) is 9.68. The molecule has 4 rings (SSSR count). The van der Waals surface area contributed by atoms with Gasteiger partial charge < -0.3 is 5.32 Å². The number of nitrogens with zero attached hydrogens (tertiary/aromatic N) is 4. The predicted octanol–water partition coefficient (Wildman–Crippen LogP) is 2.45. The highest BCUT2D eigenvalue weighted by Gasteiger charge is 2.06. The van der Waals surface area contributed by atoms with E-state index < -0.39 is 0 Å². The molecule has 0 aliphatic carbocycles. The molecule has 2 heterocycles. The lowest BCUT2D eigenvalue weighted by Gasteiger charge is -2.09. The van der Waals surface area contributed by atoms with Gasteiger partial charge in [0.25, 0.3) is 5.56 Å². The van der Waals surface area contributed by atoms with Crippen molar-refractivity contribution in [1.82, 2.24) is 24.9 Å². The highest BCUT2D eigenvalue weighted by Crippen LogP contribution is 2.19. The lowest BCUT2D eigenvalue weighted by molar-refractivity contribution is -0.120. The molecule has 0 aliphatic rings. The van der Waals surface area contributed by atoms with Crippen LogP contribution in [0.5, 0.6) is 0 Å². The van der Waals surface area contributed by atoms with Crippen molar-refractivity contribution in [3.63, 3.8) is 0 Å². The van der Waals surface area contributed by atoms with E-state index >= 15 is 0 Å². The number of hydrogen-bond donors (Lipinski definition) is 1. The highest BCUT2D eigenvalue weighted by atomic mass is 16.1. The van der Waals surface area contributed by atoms with Crippen LogP contribution in [0.3, 0.4) is 0 Å². The summed E-state index contributed by atoms with van der Waals surface area (Å²) in [6, 6.07) is 22.9. The Morgan fingerprint density at radius 1 is 0.900 bits per heavy atom. The average molecular weight is 399 g/mol. The number of aromatic nitrogens is 4. The maximum Gasteiger partial charge on any atom is 0.266 e. The van der Waals surface area contributed by atoms with E-state index in [0.29, 0.717) is 12.4 Å². The summed E-state index contributed by atoms with van der Waals surface area (Å²) in [5.41, 5.74) is 2.96. The van der Waals surface area contributed by atoms with Crippen LogP contribution in [0.4, 0.5) is 0 Å². The van der Waals surface area contributed by atoms with Gasteiger partial charge in [-0.15, -0.1) is 5.10 Å². The SMILES string of the molecule is O=C(Cc1ccc(-c2ccccc2)cc1)NCCn1nc(-n2cccn2)ccc1=O. The standard InChI is InChI=1S/C23H21N5O2/c29-22(17-18-7-9-20(10-8-18)19-5-2-1-3-6-19)24-14-16-28-23(30)12-11-21(26-28)27-15-4-13-25-27/h1-13,15H,14,16-17H2,(H,24,29). The van der Waals surface area contributed by atoms with Gasteiger partial charge in [-0.05, 0) is 28.8 Å². The molecule has 0 aliphatic heterocycles. The minimum absolute atomic E-state index is 0.0984. The van der Waals surface area contributed by atoms with Gasteiger partial charge >= 0.3 is 0 Å². The van der Waals surface area contributed by atoms with Gasteiger partial charge in [0, 0.05) is 25.0 Å². The van der Waals surface area contributed by atoms with Gasteiger partial charge in [-0.2, -0.15) is 5.10 Å². The van der Waals surface area contributed by atoms with Crippen molar-refractivity contribution in [2.24, 2.45) is 0 Å². The van der Waals surface area contributed by atoms with Crippen molar-refractivity contribution in [2.45, 2.75) is 13.0 Å². The van der Waals surface area contributed by atoms with Crippen LogP contribution in [0.25, 0.3) is 16.9 Å². The molecule has 7 heteroatoms. The zero-order chi connectivity index (χ0) is 20.8. The Morgan fingerprint density at radius 2 is 1.67 bits per heavy atom. The normalized spacial score (nSPS) is 10.7. The predicted molar refractivity (Wildman–Crippen MR) is 114 cm³/mol. The van der Waals surface area contributed by atoms with Crippen molar-refractivity contribution in [1.29, 1.82) is 0 Å². The molecule has 4 aromatic rings. The fourth-order valence-corrected chi connectivity index (χ4v) is 3.12. The van der Waals surface area contributed by atoms with Crippen molar-refractivity contribution < 1.29 is 4.79 Å². The second kappa shape index (κ2) is 9.00. The molecular formula is C23H21N5O2. The van der Waals surface area contributed by atoms with Gasteiger partial charge in [-0.3, -0.25) is 9.59 Å². The summed E-state index contributed by atoms with van der Waals surface area (Å²) >= 11 is 0. The van der Waals surface area contributed by atoms with Gasteiger partial charge in [0.1, 0.15) is 0 Å². The molecule has 0 spiro atoms. The first-order valence-corrected chi connectivity index (χ1v) is 9.68. The third-order valence-electron chi connectivity index (χ3n) is 4.66. The molecule has 0 radical (unpaired) electrons. The molecule has 2 aromatic carbocycles. The van der Waals surface area contributed by atoms with Crippen molar-refractivity contribution >= 4 is 5.91 Å². The molecule has 7 nitrogen and oxygen atoms in total. The molecule has 1 amide bonds. The Balaban J connectivity index is 1.31. The second-order valence-corrected chi connectivity index (χ2v) is 6.79. The van der Waals surface area contributed by atoms with E-state index in [-0.39, 0.29) is 24.4 Å². The summed E-state index contributed by atoms with van der Waals surface area (Å²) in [6.07, 6.45) is 3.68. The fraction of sp³-hybridized carbons (Fsp3) is 0.130. The summed E-state index contributed by atoms with van der Waals surface area (Å²) in [5.74, 6) is 0.447. The van der Waals surface area contributed by atoms with E-state index in [1.165, 1.54) is 10.7 Å². The van der Waals surface area contributed by atoms with Crippen molar-refractivity contribution in [3.8, 4) is 16.9 Å². The summed E-state index contributed by atoms with van der Waals surface area (Å²) in [4.78, 5) is 24.3. The van der Waals surface area contributed by atoms with E-state index in [1.807, 2.05) is 42.5 Å². The zero-order valence-electron chi connectivity index (χ0n) is 16.3. The molecule has 30 heavy (non-hydrogen) atoms. The minimum atomic E-state index is -0.225. The Bertz CT molecular complexity index is 1170. The zero-order valence-corrected chi connectivity index (χ0v) is 16.3. The number of rotatable bonds is 7. The van der Waals surface area contributed by atoms with Crippen molar-refractivity contribution in [3.05, 3.63) is 101 Å². The minimum Gasteiger partial charge on any atom is -0.354 e. The molecule has 0 fully saturated rings. The van der Waals surface area contributed by atoms with Gasteiger partial charge in [0.15, 0.2) is 5.82 Å². The maximum atomic E-state index is 12.3. The number of benzene rings is 2. The lowest BCUT2D eigenvalue weighted by atomic mass is 10.0. The van der Waals surface area contributed by atoms with E-state index in [0.717, 1.165) is 16.7 Å². The Labute approximate surface area is 173 Å². The van der Waals surface area contributed by atoms with Gasteiger partial charge in [-0.25, -0.2) is 9.36 Å². The molecule has 0 saturated carbocycles. The van der Waals surface area contributed by atoms with Crippen LogP contribution < -0.4 is 10.9 Å². The summed E-state index contributed by atoms with van der Waals surface area (Å²) < 4.78 is 2.90. The third kappa shape index (κ3) is 4.70. The van der Waals surface area contributed by atoms with Crippen LogP contribution in [0.15, 0.2) is 90.0 Å². The Hall–Kier alpha value is -4.00. The Kier molecular flexibility index (Phi) is 5.80. The van der Waals surface area contributed by atoms with E-state index in [4.69, 9.17) is 0 Å². The van der Waals surface area contributed by atoms with Gasteiger partial charge in [0.05, 0.1) is 13.0 Å².